The summed E-state index contributed by atoms with van der Waals surface area (Å²) in [6, 6.07) is 3.40. The first-order valence-electron chi connectivity index (χ1n) is 6.08. The zero-order valence-corrected chi connectivity index (χ0v) is 10.9. The van der Waals surface area contributed by atoms with Crippen molar-refractivity contribution < 1.29 is 8.78 Å². The van der Waals surface area contributed by atoms with Crippen LogP contribution >= 0.6 is 0 Å². The summed E-state index contributed by atoms with van der Waals surface area (Å²) in [4.78, 5) is 4.11. The van der Waals surface area contributed by atoms with Gasteiger partial charge in [-0.15, -0.1) is 0 Å². The van der Waals surface area contributed by atoms with Gasteiger partial charge in [0, 0.05) is 32.1 Å². The Kier molecular flexibility index (Phi) is 4.21. The molecule has 0 saturated heterocycles. The number of rotatable bonds is 5. The van der Waals surface area contributed by atoms with Crippen LogP contribution in [0.25, 0.3) is 0 Å². The average Bonchev–Trinajstić information content (AvgIpc) is 2.73. The zero-order valence-electron chi connectivity index (χ0n) is 10.9. The first-order chi connectivity index (χ1) is 9.04. The van der Waals surface area contributed by atoms with Crippen molar-refractivity contribution in [2.24, 2.45) is 7.05 Å². The van der Waals surface area contributed by atoms with Gasteiger partial charge in [-0.05, 0) is 24.6 Å². The van der Waals surface area contributed by atoms with E-state index in [4.69, 9.17) is 0 Å². The van der Waals surface area contributed by atoms with E-state index in [9.17, 15) is 8.78 Å². The maximum Gasteiger partial charge on any atom is 0.151 e. The lowest BCUT2D eigenvalue weighted by atomic mass is 10.1. The second-order valence-electron chi connectivity index (χ2n) is 4.46. The van der Waals surface area contributed by atoms with Crippen LogP contribution in [0.4, 0.5) is 8.78 Å². The van der Waals surface area contributed by atoms with Crippen molar-refractivity contribution >= 4 is 0 Å². The van der Waals surface area contributed by atoms with E-state index in [1.807, 2.05) is 14.0 Å². The maximum atomic E-state index is 13.1. The monoisotopic (exact) mass is 266 g/mol. The summed E-state index contributed by atoms with van der Waals surface area (Å²) in [6.45, 7) is 2.50. The molecular formula is C13H16F2N4. The fourth-order valence-electron chi connectivity index (χ4n) is 1.84. The van der Waals surface area contributed by atoms with Crippen molar-refractivity contribution in [1.29, 1.82) is 0 Å². The third-order valence-electron chi connectivity index (χ3n) is 2.83. The van der Waals surface area contributed by atoms with Gasteiger partial charge in [-0.2, -0.15) is 5.10 Å². The quantitative estimate of drug-likeness (QED) is 0.900. The number of hydrogen-bond donors (Lipinski definition) is 1. The molecular weight excluding hydrogens is 250 g/mol. The molecule has 1 N–H and O–H groups in total. The molecule has 1 heterocycles. The van der Waals surface area contributed by atoms with E-state index in [1.54, 1.807) is 11.0 Å². The van der Waals surface area contributed by atoms with Gasteiger partial charge in [0.15, 0.2) is 5.82 Å². The Labute approximate surface area is 110 Å². The topological polar surface area (TPSA) is 42.7 Å². The predicted octanol–water partition coefficient (Wildman–Crippen LogP) is 1.99. The van der Waals surface area contributed by atoms with Crippen LogP contribution < -0.4 is 5.32 Å². The first kappa shape index (κ1) is 13.6. The number of hydrogen-bond acceptors (Lipinski definition) is 3. The van der Waals surface area contributed by atoms with E-state index < -0.39 is 11.6 Å². The summed E-state index contributed by atoms with van der Waals surface area (Å²) < 4.78 is 27.8. The van der Waals surface area contributed by atoms with E-state index in [0.29, 0.717) is 18.5 Å². The minimum absolute atomic E-state index is 0.131. The molecule has 6 heteroatoms. The Morgan fingerprint density at radius 3 is 2.53 bits per heavy atom. The van der Waals surface area contributed by atoms with Crippen LogP contribution in [-0.2, 0) is 13.5 Å². The Morgan fingerprint density at radius 1 is 1.26 bits per heavy atom. The fourth-order valence-corrected chi connectivity index (χ4v) is 1.84. The standard InChI is InChI=1S/C13H16F2N4/c1-9(10-5-11(14)7-12(15)6-10)16-4-3-13-17-8-19(2)18-13/h5-9,16H,3-4H2,1-2H3. The van der Waals surface area contributed by atoms with Gasteiger partial charge in [-0.25, -0.2) is 13.8 Å². The SMILES string of the molecule is CC(NCCc1ncn(C)n1)c1cc(F)cc(F)c1. The Morgan fingerprint density at radius 2 is 1.95 bits per heavy atom. The fraction of sp³-hybridized carbons (Fsp3) is 0.385. The Bertz CT molecular complexity index is 533. The minimum atomic E-state index is -0.560. The molecule has 0 bridgehead atoms. The highest BCUT2D eigenvalue weighted by molar-refractivity contribution is 5.20. The van der Waals surface area contributed by atoms with Crippen LogP contribution in [0, 0.1) is 11.6 Å². The molecule has 0 aliphatic rings. The normalized spacial score (nSPS) is 12.6. The molecule has 1 atom stereocenters. The predicted molar refractivity (Wildman–Crippen MR) is 67.5 cm³/mol. The summed E-state index contributed by atoms with van der Waals surface area (Å²) in [5, 5.41) is 7.34. The summed E-state index contributed by atoms with van der Waals surface area (Å²) in [6.07, 6.45) is 2.31. The third kappa shape index (κ3) is 3.82. The summed E-state index contributed by atoms with van der Waals surface area (Å²) in [5.74, 6) is -0.377. The maximum absolute atomic E-state index is 13.1. The average molecular weight is 266 g/mol. The van der Waals surface area contributed by atoms with Crippen molar-refractivity contribution in [1.82, 2.24) is 20.1 Å². The number of halogens is 2. The molecule has 0 amide bonds. The number of nitrogens with zero attached hydrogens (tertiary/aromatic N) is 3. The van der Waals surface area contributed by atoms with Crippen LogP contribution in [0.5, 0.6) is 0 Å². The molecule has 4 nitrogen and oxygen atoms in total. The summed E-state index contributed by atoms with van der Waals surface area (Å²) in [7, 11) is 1.81. The van der Waals surface area contributed by atoms with E-state index in [-0.39, 0.29) is 6.04 Å². The molecule has 1 aromatic heterocycles. The first-order valence-corrected chi connectivity index (χ1v) is 6.08. The zero-order chi connectivity index (χ0) is 13.8. The smallest absolute Gasteiger partial charge is 0.151 e. The van der Waals surface area contributed by atoms with E-state index >= 15 is 0 Å². The van der Waals surface area contributed by atoms with Crippen molar-refractivity contribution in [2.45, 2.75) is 19.4 Å². The highest BCUT2D eigenvalue weighted by atomic mass is 19.1. The van der Waals surface area contributed by atoms with Gasteiger partial charge in [-0.3, -0.25) is 4.68 Å². The summed E-state index contributed by atoms with van der Waals surface area (Å²) in [5.41, 5.74) is 0.589. The van der Waals surface area contributed by atoms with Gasteiger partial charge in [0.25, 0.3) is 0 Å². The molecule has 1 aromatic carbocycles. The molecule has 2 aromatic rings. The van der Waals surface area contributed by atoms with E-state index in [2.05, 4.69) is 15.4 Å². The van der Waals surface area contributed by atoms with E-state index in [0.717, 1.165) is 11.9 Å². The summed E-state index contributed by atoms with van der Waals surface area (Å²) >= 11 is 0. The van der Waals surface area contributed by atoms with Crippen LogP contribution in [0.15, 0.2) is 24.5 Å². The van der Waals surface area contributed by atoms with Crippen molar-refractivity contribution in [2.75, 3.05) is 6.54 Å². The third-order valence-corrected chi connectivity index (χ3v) is 2.83. The Hall–Kier alpha value is -1.82. The molecule has 2 rings (SSSR count). The van der Waals surface area contributed by atoms with Gasteiger partial charge < -0.3 is 5.32 Å². The van der Waals surface area contributed by atoms with Crippen molar-refractivity contribution in [3.05, 3.63) is 47.5 Å². The van der Waals surface area contributed by atoms with Crippen LogP contribution in [0.1, 0.15) is 24.4 Å². The Balaban J connectivity index is 1.88. The number of nitrogens with one attached hydrogen (secondary N) is 1. The van der Waals surface area contributed by atoms with Crippen LogP contribution in [-0.4, -0.2) is 21.3 Å². The molecule has 0 aliphatic heterocycles. The lowest BCUT2D eigenvalue weighted by Gasteiger charge is -2.13. The number of benzene rings is 1. The van der Waals surface area contributed by atoms with Gasteiger partial charge >= 0.3 is 0 Å². The largest absolute Gasteiger partial charge is 0.310 e. The van der Waals surface area contributed by atoms with Gasteiger partial charge in [0.05, 0.1) is 0 Å². The molecule has 0 radical (unpaired) electrons. The second kappa shape index (κ2) is 5.88. The molecule has 0 aliphatic carbocycles. The molecule has 1 unspecified atom stereocenters. The molecule has 102 valence electrons. The molecule has 19 heavy (non-hydrogen) atoms. The lowest BCUT2D eigenvalue weighted by Crippen LogP contribution is -2.22. The number of aromatic nitrogens is 3. The lowest BCUT2D eigenvalue weighted by molar-refractivity contribution is 0.543. The minimum Gasteiger partial charge on any atom is -0.310 e. The van der Waals surface area contributed by atoms with Gasteiger partial charge in [0.2, 0.25) is 0 Å². The van der Waals surface area contributed by atoms with Crippen molar-refractivity contribution in [3.8, 4) is 0 Å². The van der Waals surface area contributed by atoms with Gasteiger partial charge in [-0.1, -0.05) is 0 Å². The molecule has 0 spiro atoms. The molecule has 0 saturated carbocycles. The molecule has 0 fully saturated rings. The van der Waals surface area contributed by atoms with Crippen molar-refractivity contribution in [3.63, 3.8) is 0 Å². The highest BCUT2D eigenvalue weighted by Gasteiger charge is 2.08. The van der Waals surface area contributed by atoms with Crippen LogP contribution in [0.2, 0.25) is 0 Å². The van der Waals surface area contributed by atoms with Gasteiger partial charge in [0.1, 0.15) is 18.0 Å². The highest BCUT2D eigenvalue weighted by Crippen LogP contribution is 2.15. The van der Waals surface area contributed by atoms with E-state index in [1.165, 1.54) is 12.1 Å². The van der Waals surface area contributed by atoms with Crippen LogP contribution in [0.3, 0.4) is 0 Å². The second-order valence-corrected chi connectivity index (χ2v) is 4.46. The number of aryl methyl sites for hydroxylation is 1.